The van der Waals surface area contributed by atoms with Gasteiger partial charge in [-0.2, -0.15) is 0 Å². The van der Waals surface area contributed by atoms with Crippen molar-refractivity contribution in [3.8, 4) is 0 Å². The van der Waals surface area contributed by atoms with Crippen LogP contribution in [0, 0.1) is 5.92 Å². The molecule has 13 heavy (non-hydrogen) atoms. The van der Waals surface area contributed by atoms with Gasteiger partial charge in [-0.1, -0.05) is 6.42 Å². The molecular formula is C9H13N3O. The molecule has 0 bridgehead atoms. The number of anilines is 1. The van der Waals surface area contributed by atoms with Crippen molar-refractivity contribution in [3.05, 3.63) is 22.7 Å². The topological polar surface area (TPSA) is 57.8 Å². The number of nitrogens with zero attached hydrogens (tertiary/aromatic N) is 1. The first-order chi connectivity index (χ1) is 6.34. The Balaban J connectivity index is 1.89. The van der Waals surface area contributed by atoms with E-state index in [-0.39, 0.29) is 5.56 Å². The molecule has 1 aromatic heterocycles. The Hall–Kier alpha value is -1.32. The van der Waals surface area contributed by atoms with E-state index >= 15 is 0 Å². The molecule has 1 heterocycles. The maximum Gasteiger partial charge on any atom is 0.252 e. The van der Waals surface area contributed by atoms with Gasteiger partial charge in [-0.25, -0.2) is 4.98 Å². The minimum Gasteiger partial charge on any atom is -0.370 e. The number of nitrogens with one attached hydrogen (secondary N) is 2. The predicted molar refractivity (Wildman–Crippen MR) is 50.7 cm³/mol. The van der Waals surface area contributed by atoms with E-state index in [4.69, 9.17) is 0 Å². The summed E-state index contributed by atoms with van der Waals surface area (Å²) in [5.74, 6) is 1.46. The molecule has 1 aliphatic rings. The van der Waals surface area contributed by atoms with Crippen molar-refractivity contribution < 1.29 is 0 Å². The zero-order valence-corrected chi connectivity index (χ0v) is 7.42. The molecule has 0 saturated heterocycles. The van der Waals surface area contributed by atoms with Gasteiger partial charge in [0.1, 0.15) is 5.82 Å². The predicted octanol–water partition coefficient (Wildman–Crippen LogP) is 0.982. The van der Waals surface area contributed by atoms with Crippen molar-refractivity contribution in [2.24, 2.45) is 5.92 Å². The summed E-state index contributed by atoms with van der Waals surface area (Å²) in [4.78, 5) is 17.4. The van der Waals surface area contributed by atoms with Crippen LogP contribution in [0.3, 0.4) is 0 Å². The minimum absolute atomic E-state index is 0.105. The highest BCUT2D eigenvalue weighted by Gasteiger charge is 2.16. The molecule has 0 atom stereocenters. The van der Waals surface area contributed by atoms with E-state index in [1.807, 2.05) is 0 Å². The van der Waals surface area contributed by atoms with Gasteiger partial charge in [0.15, 0.2) is 0 Å². The molecule has 1 saturated carbocycles. The molecule has 2 rings (SSSR count). The molecule has 0 radical (unpaired) electrons. The Kier molecular flexibility index (Phi) is 2.29. The summed E-state index contributed by atoms with van der Waals surface area (Å²) < 4.78 is 0. The zero-order valence-electron chi connectivity index (χ0n) is 7.42. The number of rotatable bonds is 3. The van der Waals surface area contributed by atoms with Crippen molar-refractivity contribution >= 4 is 5.82 Å². The summed E-state index contributed by atoms with van der Waals surface area (Å²) in [5.41, 5.74) is -0.105. The van der Waals surface area contributed by atoms with E-state index in [1.54, 1.807) is 0 Å². The highest BCUT2D eigenvalue weighted by Crippen LogP contribution is 2.25. The number of aromatic amines is 1. The monoisotopic (exact) mass is 179 g/mol. The van der Waals surface area contributed by atoms with Crippen LogP contribution < -0.4 is 10.9 Å². The lowest BCUT2D eigenvalue weighted by molar-refractivity contribution is 0.333. The third-order valence-electron chi connectivity index (χ3n) is 2.47. The average Bonchev–Trinajstić information content (AvgIpc) is 2.01. The van der Waals surface area contributed by atoms with Crippen molar-refractivity contribution in [1.82, 2.24) is 9.97 Å². The Morgan fingerprint density at radius 3 is 3.08 bits per heavy atom. The van der Waals surface area contributed by atoms with Crippen LogP contribution in [0.15, 0.2) is 17.2 Å². The number of aromatic nitrogens is 2. The van der Waals surface area contributed by atoms with E-state index in [1.165, 1.54) is 31.7 Å². The molecule has 4 heteroatoms. The van der Waals surface area contributed by atoms with E-state index in [9.17, 15) is 4.79 Å². The lowest BCUT2D eigenvalue weighted by atomic mass is 9.85. The Labute approximate surface area is 76.4 Å². The fourth-order valence-electron chi connectivity index (χ4n) is 1.41. The summed E-state index contributed by atoms with van der Waals surface area (Å²) >= 11 is 0. The van der Waals surface area contributed by atoms with Gasteiger partial charge in [0.2, 0.25) is 0 Å². The van der Waals surface area contributed by atoms with Crippen LogP contribution >= 0.6 is 0 Å². The SMILES string of the molecule is O=c1cc(NCC2CCC2)nc[nH]1. The van der Waals surface area contributed by atoms with Crippen molar-refractivity contribution in [2.45, 2.75) is 19.3 Å². The minimum atomic E-state index is -0.105. The first-order valence-electron chi connectivity index (χ1n) is 4.63. The van der Waals surface area contributed by atoms with Gasteiger partial charge in [-0.15, -0.1) is 0 Å². The fraction of sp³-hybridized carbons (Fsp3) is 0.556. The van der Waals surface area contributed by atoms with Gasteiger partial charge in [0.25, 0.3) is 5.56 Å². The molecule has 0 unspecified atom stereocenters. The summed E-state index contributed by atoms with van der Waals surface area (Å²) in [7, 11) is 0. The van der Waals surface area contributed by atoms with Gasteiger partial charge < -0.3 is 10.3 Å². The molecule has 2 N–H and O–H groups in total. The second kappa shape index (κ2) is 3.60. The molecule has 0 amide bonds. The smallest absolute Gasteiger partial charge is 0.252 e. The maximum absolute atomic E-state index is 10.9. The zero-order chi connectivity index (χ0) is 9.10. The maximum atomic E-state index is 10.9. The second-order valence-corrected chi connectivity index (χ2v) is 3.47. The van der Waals surface area contributed by atoms with Gasteiger partial charge in [0.05, 0.1) is 6.33 Å². The van der Waals surface area contributed by atoms with Crippen LogP contribution in [0.5, 0.6) is 0 Å². The summed E-state index contributed by atoms with van der Waals surface area (Å²) in [6.45, 7) is 0.941. The number of H-pyrrole nitrogens is 1. The highest BCUT2D eigenvalue weighted by atomic mass is 16.1. The van der Waals surface area contributed by atoms with Crippen molar-refractivity contribution in [2.75, 3.05) is 11.9 Å². The van der Waals surface area contributed by atoms with Crippen LogP contribution in [-0.4, -0.2) is 16.5 Å². The largest absolute Gasteiger partial charge is 0.370 e. The molecule has 1 aliphatic carbocycles. The lowest BCUT2D eigenvalue weighted by Crippen LogP contribution is -2.22. The van der Waals surface area contributed by atoms with E-state index in [2.05, 4.69) is 15.3 Å². The first-order valence-corrected chi connectivity index (χ1v) is 4.63. The molecule has 1 fully saturated rings. The molecule has 70 valence electrons. The van der Waals surface area contributed by atoms with Gasteiger partial charge in [0, 0.05) is 12.6 Å². The normalized spacial score (nSPS) is 16.6. The lowest BCUT2D eigenvalue weighted by Gasteiger charge is -2.25. The van der Waals surface area contributed by atoms with E-state index < -0.39 is 0 Å². The summed E-state index contributed by atoms with van der Waals surface area (Å²) in [6, 6.07) is 1.48. The highest BCUT2D eigenvalue weighted by molar-refractivity contribution is 5.31. The van der Waals surface area contributed by atoms with Gasteiger partial charge in [-0.05, 0) is 18.8 Å². The van der Waals surface area contributed by atoms with Gasteiger partial charge in [-0.3, -0.25) is 4.79 Å². The quantitative estimate of drug-likeness (QED) is 0.727. The van der Waals surface area contributed by atoms with Crippen LogP contribution in [0.4, 0.5) is 5.82 Å². The van der Waals surface area contributed by atoms with Gasteiger partial charge >= 0.3 is 0 Å². The molecular weight excluding hydrogens is 166 g/mol. The third kappa shape index (κ3) is 2.08. The molecule has 4 nitrogen and oxygen atoms in total. The Morgan fingerprint density at radius 1 is 1.62 bits per heavy atom. The standard InChI is InChI=1S/C9H13N3O/c13-9-4-8(11-6-12-9)10-5-7-2-1-3-7/h4,6-7H,1-3,5H2,(H2,10,11,12,13). The number of hydrogen-bond donors (Lipinski definition) is 2. The first kappa shape index (κ1) is 8.29. The third-order valence-corrected chi connectivity index (χ3v) is 2.47. The fourth-order valence-corrected chi connectivity index (χ4v) is 1.41. The van der Waals surface area contributed by atoms with Crippen LogP contribution in [0.1, 0.15) is 19.3 Å². The van der Waals surface area contributed by atoms with Crippen molar-refractivity contribution in [1.29, 1.82) is 0 Å². The second-order valence-electron chi connectivity index (χ2n) is 3.47. The molecule has 0 aromatic carbocycles. The summed E-state index contributed by atoms with van der Waals surface area (Å²) in [5, 5.41) is 3.16. The van der Waals surface area contributed by atoms with Crippen LogP contribution in [-0.2, 0) is 0 Å². The molecule has 1 aromatic rings. The number of hydrogen-bond acceptors (Lipinski definition) is 3. The van der Waals surface area contributed by atoms with Crippen LogP contribution in [0.25, 0.3) is 0 Å². The Bertz CT molecular complexity index is 330. The summed E-state index contributed by atoms with van der Waals surface area (Å²) in [6.07, 6.45) is 5.37. The van der Waals surface area contributed by atoms with Crippen LogP contribution in [0.2, 0.25) is 0 Å². The average molecular weight is 179 g/mol. The Morgan fingerprint density at radius 2 is 2.46 bits per heavy atom. The molecule has 0 spiro atoms. The molecule has 0 aliphatic heterocycles. The van der Waals surface area contributed by atoms with Crippen molar-refractivity contribution in [3.63, 3.8) is 0 Å². The van der Waals surface area contributed by atoms with E-state index in [0.29, 0.717) is 5.82 Å². The van der Waals surface area contributed by atoms with E-state index in [0.717, 1.165) is 12.5 Å².